The highest BCUT2D eigenvalue weighted by Gasteiger charge is 2.20. The lowest BCUT2D eigenvalue weighted by Crippen LogP contribution is -2.25. The van der Waals surface area contributed by atoms with Gasteiger partial charge in [-0.05, 0) is 37.8 Å². The number of aromatic amines is 1. The number of nitrogens with zero attached hydrogens (tertiary/aromatic N) is 2. The SMILES string of the molecule is O=C(NCc1nc2c([nH]1)CCCC2)c1cccnc1C(F)F. The molecule has 0 saturated heterocycles. The zero-order chi connectivity index (χ0) is 15.5. The number of fused-ring (bicyclic) bond motifs is 1. The third-order valence-corrected chi connectivity index (χ3v) is 3.71. The average Bonchev–Trinajstić information content (AvgIpc) is 2.95. The molecule has 2 aromatic rings. The van der Waals surface area contributed by atoms with Crippen molar-refractivity contribution >= 4 is 5.91 Å². The number of carbonyl (C=O) groups excluding carboxylic acids is 1. The number of carbonyl (C=O) groups is 1. The van der Waals surface area contributed by atoms with Crippen LogP contribution < -0.4 is 5.32 Å². The number of H-pyrrole nitrogens is 1. The minimum atomic E-state index is -2.78. The topological polar surface area (TPSA) is 70.7 Å². The van der Waals surface area contributed by atoms with E-state index in [2.05, 4.69) is 20.3 Å². The Morgan fingerprint density at radius 1 is 1.36 bits per heavy atom. The number of pyridine rings is 1. The summed E-state index contributed by atoms with van der Waals surface area (Å²) in [6.45, 7) is 0.184. The van der Waals surface area contributed by atoms with Gasteiger partial charge in [-0.3, -0.25) is 9.78 Å². The number of rotatable bonds is 4. The van der Waals surface area contributed by atoms with E-state index >= 15 is 0 Å². The zero-order valence-corrected chi connectivity index (χ0v) is 11.9. The van der Waals surface area contributed by atoms with Crippen LogP contribution in [0.3, 0.4) is 0 Å². The summed E-state index contributed by atoms with van der Waals surface area (Å²) in [6, 6.07) is 2.81. The molecule has 0 aliphatic heterocycles. The van der Waals surface area contributed by atoms with E-state index in [0.717, 1.165) is 37.1 Å². The van der Waals surface area contributed by atoms with Crippen LogP contribution in [0.25, 0.3) is 0 Å². The number of hydrogen-bond donors (Lipinski definition) is 2. The summed E-state index contributed by atoms with van der Waals surface area (Å²) in [5, 5.41) is 2.61. The molecule has 0 spiro atoms. The van der Waals surface area contributed by atoms with E-state index in [-0.39, 0.29) is 12.1 Å². The van der Waals surface area contributed by atoms with Gasteiger partial charge in [-0.2, -0.15) is 0 Å². The van der Waals surface area contributed by atoms with Gasteiger partial charge in [0.1, 0.15) is 11.5 Å². The molecule has 0 aromatic carbocycles. The van der Waals surface area contributed by atoms with Crippen molar-refractivity contribution in [3.05, 3.63) is 46.8 Å². The predicted molar refractivity (Wildman–Crippen MR) is 75.6 cm³/mol. The minimum absolute atomic E-state index is 0.103. The summed E-state index contributed by atoms with van der Waals surface area (Å²) in [6.07, 6.45) is 2.63. The summed E-state index contributed by atoms with van der Waals surface area (Å²) in [7, 11) is 0. The van der Waals surface area contributed by atoms with Crippen molar-refractivity contribution in [1.29, 1.82) is 0 Å². The third-order valence-electron chi connectivity index (χ3n) is 3.71. The molecule has 0 unspecified atom stereocenters. The summed E-state index contributed by atoms with van der Waals surface area (Å²) in [5.41, 5.74) is 1.56. The smallest absolute Gasteiger partial charge is 0.281 e. The van der Waals surface area contributed by atoms with Gasteiger partial charge < -0.3 is 10.3 Å². The molecule has 5 nitrogen and oxygen atoms in total. The molecule has 7 heteroatoms. The van der Waals surface area contributed by atoms with Gasteiger partial charge in [0.05, 0.1) is 17.8 Å². The van der Waals surface area contributed by atoms with Gasteiger partial charge in [-0.25, -0.2) is 13.8 Å². The third kappa shape index (κ3) is 2.98. The van der Waals surface area contributed by atoms with Crippen LogP contribution in [0.2, 0.25) is 0 Å². The quantitative estimate of drug-likeness (QED) is 0.912. The number of aromatic nitrogens is 3. The lowest BCUT2D eigenvalue weighted by atomic mass is 10.0. The number of nitrogens with one attached hydrogen (secondary N) is 2. The van der Waals surface area contributed by atoms with E-state index in [1.54, 1.807) is 0 Å². The Kier molecular flexibility index (Phi) is 4.13. The maximum absolute atomic E-state index is 12.8. The number of alkyl halides is 2. The fraction of sp³-hybridized carbons (Fsp3) is 0.400. The Morgan fingerprint density at radius 2 is 2.18 bits per heavy atom. The van der Waals surface area contributed by atoms with E-state index in [1.165, 1.54) is 18.3 Å². The van der Waals surface area contributed by atoms with Crippen molar-refractivity contribution in [3.63, 3.8) is 0 Å². The molecule has 2 heterocycles. The molecule has 1 aliphatic carbocycles. The van der Waals surface area contributed by atoms with Gasteiger partial charge in [-0.15, -0.1) is 0 Å². The van der Waals surface area contributed by atoms with Gasteiger partial charge in [-0.1, -0.05) is 0 Å². The molecule has 22 heavy (non-hydrogen) atoms. The first kappa shape index (κ1) is 14.6. The summed E-state index contributed by atoms with van der Waals surface area (Å²) >= 11 is 0. The van der Waals surface area contributed by atoms with Crippen molar-refractivity contribution in [1.82, 2.24) is 20.3 Å². The molecule has 1 amide bonds. The predicted octanol–water partition coefficient (Wildman–Crippen LogP) is 2.55. The summed E-state index contributed by atoms with van der Waals surface area (Å²) < 4.78 is 25.7. The number of hydrogen-bond acceptors (Lipinski definition) is 3. The lowest BCUT2D eigenvalue weighted by molar-refractivity contribution is 0.0933. The highest BCUT2D eigenvalue weighted by atomic mass is 19.3. The Balaban J connectivity index is 1.69. The second-order valence-corrected chi connectivity index (χ2v) is 5.24. The maximum atomic E-state index is 12.8. The Morgan fingerprint density at radius 3 is 2.95 bits per heavy atom. The van der Waals surface area contributed by atoms with Crippen LogP contribution >= 0.6 is 0 Å². The highest BCUT2D eigenvalue weighted by Crippen LogP contribution is 2.21. The van der Waals surface area contributed by atoms with Crippen molar-refractivity contribution in [2.75, 3.05) is 0 Å². The fourth-order valence-electron chi connectivity index (χ4n) is 2.64. The summed E-state index contributed by atoms with van der Waals surface area (Å²) in [4.78, 5) is 23.3. The normalized spacial score (nSPS) is 14.0. The van der Waals surface area contributed by atoms with E-state index in [1.807, 2.05) is 0 Å². The van der Waals surface area contributed by atoms with Gasteiger partial charge in [0.25, 0.3) is 12.3 Å². The van der Waals surface area contributed by atoms with Crippen LogP contribution in [0, 0.1) is 0 Å². The van der Waals surface area contributed by atoms with E-state index < -0.39 is 18.0 Å². The van der Waals surface area contributed by atoms with E-state index in [9.17, 15) is 13.6 Å². The monoisotopic (exact) mass is 306 g/mol. The molecule has 0 saturated carbocycles. The number of amides is 1. The van der Waals surface area contributed by atoms with Crippen molar-refractivity contribution in [3.8, 4) is 0 Å². The number of aryl methyl sites for hydroxylation is 2. The lowest BCUT2D eigenvalue weighted by Gasteiger charge is -2.07. The molecule has 1 aliphatic rings. The van der Waals surface area contributed by atoms with Gasteiger partial charge >= 0.3 is 0 Å². The molecule has 2 aromatic heterocycles. The molecule has 3 rings (SSSR count). The first-order valence-electron chi connectivity index (χ1n) is 7.23. The van der Waals surface area contributed by atoms with E-state index in [0.29, 0.717) is 5.82 Å². The molecular weight excluding hydrogens is 290 g/mol. The van der Waals surface area contributed by atoms with Crippen molar-refractivity contribution < 1.29 is 13.6 Å². The van der Waals surface area contributed by atoms with Crippen LogP contribution in [-0.4, -0.2) is 20.9 Å². The van der Waals surface area contributed by atoms with Gasteiger partial charge in [0.15, 0.2) is 0 Å². The first-order chi connectivity index (χ1) is 10.6. The minimum Gasteiger partial charge on any atom is -0.345 e. The molecule has 2 N–H and O–H groups in total. The second-order valence-electron chi connectivity index (χ2n) is 5.24. The maximum Gasteiger partial charge on any atom is 0.281 e. The Hall–Kier alpha value is -2.31. The molecule has 0 radical (unpaired) electrons. The molecule has 116 valence electrons. The standard InChI is InChI=1S/C15H16F2N4O/c16-14(17)13-9(4-3-7-18-13)15(22)19-8-12-20-10-5-1-2-6-11(10)21-12/h3-4,7,14H,1-2,5-6,8H2,(H,19,22)(H,20,21). The van der Waals surface area contributed by atoms with Crippen molar-refractivity contribution in [2.45, 2.75) is 38.7 Å². The number of imidazole rings is 1. The second kappa shape index (κ2) is 6.21. The Bertz CT molecular complexity index is 660. The molecular formula is C15H16F2N4O. The zero-order valence-electron chi connectivity index (χ0n) is 11.9. The van der Waals surface area contributed by atoms with Crippen LogP contribution in [0.1, 0.15) is 52.5 Å². The van der Waals surface area contributed by atoms with Crippen LogP contribution in [0.15, 0.2) is 18.3 Å². The largest absolute Gasteiger partial charge is 0.345 e. The molecule has 0 atom stereocenters. The average molecular weight is 306 g/mol. The van der Waals surface area contributed by atoms with Crippen LogP contribution in [-0.2, 0) is 19.4 Å². The Labute approximate surface area is 126 Å². The fourth-order valence-corrected chi connectivity index (χ4v) is 2.64. The van der Waals surface area contributed by atoms with E-state index in [4.69, 9.17) is 0 Å². The van der Waals surface area contributed by atoms with Crippen molar-refractivity contribution in [2.24, 2.45) is 0 Å². The van der Waals surface area contributed by atoms with Gasteiger partial charge in [0.2, 0.25) is 0 Å². The van der Waals surface area contributed by atoms with Gasteiger partial charge in [0, 0.05) is 11.9 Å². The molecule has 0 fully saturated rings. The highest BCUT2D eigenvalue weighted by molar-refractivity contribution is 5.95. The molecule has 0 bridgehead atoms. The number of halogens is 2. The first-order valence-corrected chi connectivity index (χ1v) is 7.23. The van der Waals surface area contributed by atoms with Crippen LogP contribution in [0.5, 0.6) is 0 Å². The van der Waals surface area contributed by atoms with Crippen LogP contribution in [0.4, 0.5) is 8.78 Å². The summed E-state index contributed by atoms with van der Waals surface area (Å²) in [5.74, 6) is 0.0838.